The molecule has 1 aromatic heterocycles. The lowest BCUT2D eigenvalue weighted by Gasteiger charge is -2.57. The number of rotatable bonds is 6. The van der Waals surface area contributed by atoms with Crippen molar-refractivity contribution in [1.82, 2.24) is 20.2 Å². The molecule has 29 heavy (non-hydrogen) atoms. The number of nitrogens with one attached hydrogen (secondary N) is 2. The molecule has 0 atom stereocenters. The largest absolute Gasteiger partial charge is 0.362 e. The second-order valence-corrected chi connectivity index (χ2v) is 13.3. The first kappa shape index (κ1) is 20.4. The summed E-state index contributed by atoms with van der Waals surface area (Å²) in [6.07, 6.45) is 7.79. The molecule has 160 valence electrons. The van der Waals surface area contributed by atoms with E-state index >= 15 is 0 Å². The van der Waals surface area contributed by atoms with Gasteiger partial charge < -0.3 is 15.2 Å². The summed E-state index contributed by atoms with van der Waals surface area (Å²) in [5.74, 6) is 3.40. The average molecular weight is 475 g/mol. The van der Waals surface area contributed by atoms with Crippen molar-refractivity contribution in [1.29, 1.82) is 0 Å². The predicted octanol–water partition coefficient (Wildman–Crippen LogP) is 2.99. The first-order valence-electron chi connectivity index (χ1n) is 10.4. The highest BCUT2D eigenvalue weighted by atomic mass is 35.5. The van der Waals surface area contributed by atoms with Gasteiger partial charge in [0.2, 0.25) is 0 Å². The van der Waals surface area contributed by atoms with Gasteiger partial charge in [0.1, 0.15) is 0 Å². The molecule has 4 fully saturated rings. The van der Waals surface area contributed by atoms with Gasteiger partial charge in [-0.3, -0.25) is 0 Å². The third-order valence-electron chi connectivity index (χ3n) is 7.01. The Labute approximate surface area is 186 Å². The maximum Gasteiger partial charge on any atom is 0.169 e. The summed E-state index contributed by atoms with van der Waals surface area (Å²) >= 11 is 13.3. The molecule has 6 rings (SSSR count). The Morgan fingerprint density at radius 1 is 1.24 bits per heavy atom. The number of sulfone groups is 1. The molecule has 0 amide bonds. The fraction of sp³-hybridized carbons (Fsp3) is 0.789. The van der Waals surface area contributed by atoms with Gasteiger partial charge in [0.15, 0.2) is 25.3 Å². The van der Waals surface area contributed by atoms with Gasteiger partial charge in [-0.05, 0) is 68.5 Å². The summed E-state index contributed by atoms with van der Waals surface area (Å²) in [6, 6.07) is 0. The molecule has 2 heterocycles. The van der Waals surface area contributed by atoms with Crippen molar-refractivity contribution >= 4 is 50.5 Å². The fourth-order valence-electron chi connectivity index (χ4n) is 6.29. The van der Waals surface area contributed by atoms with Crippen molar-refractivity contribution in [3.8, 4) is 0 Å². The van der Waals surface area contributed by atoms with Gasteiger partial charge in [-0.1, -0.05) is 23.4 Å². The van der Waals surface area contributed by atoms with Crippen molar-refractivity contribution < 1.29 is 8.42 Å². The van der Waals surface area contributed by atoms with Crippen LogP contribution in [0.4, 0.5) is 0 Å². The van der Waals surface area contributed by atoms with E-state index in [2.05, 4.69) is 15.6 Å². The lowest BCUT2D eigenvalue weighted by Crippen LogP contribution is -2.61. The molecule has 0 unspecified atom stereocenters. The van der Waals surface area contributed by atoms with E-state index in [0.29, 0.717) is 22.5 Å². The minimum Gasteiger partial charge on any atom is -0.362 e. The topological polar surface area (TPSA) is 76.0 Å². The minimum atomic E-state index is -3.30. The van der Waals surface area contributed by atoms with E-state index in [1.165, 1.54) is 38.5 Å². The predicted molar refractivity (Wildman–Crippen MR) is 120 cm³/mol. The third-order valence-corrected chi connectivity index (χ3v) is 10.1. The van der Waals surface area contributed by atoms with Crippen molar-refractivity contribution in [3.05, 3.63) is 10.8 Å². The zero-order valence-corrected chi connectivity index (χ0v) is 19.5. The van der Waals surface area contributed by atoms with E-state index in [1.807, 2.05) is 4.57 Å². The summed E-state index contributed by atoms with van der Waals surface area (Å²) in [5.41, 5.74) is 0.752. The van der Waals surface area contributed by atoms with Crippen LogP contribution in [-0.4, -0.2) is 46.7 Å². The van der Waals surface area contributed by atoms with E-state index in [1.54, 1.807) is 11.8 Å². The van der Waals surface area contributed by atoms with Crippen molar-refractivity contribution in [3.63, 3.8) is 0 Å². The van der Waals surface area contributed by atoms with E-state index < -0.39 is 9.84 Å². The Bertz CT molecular complexity index is 895. The van der Waals surface area contributed by atoms with Crippen molar-refractivity contribution in [2.24, 2.45) is 17.8 Å². The number of aromatic nitrogens is 2. The van der Waals surface area contributed by atoms with Crippen LogP contribution >= 0.6 is 35.6 Å². The smallest absolute Gasteiger partial charge is 0.169 e. The molecular formula is C19H27ClN4O2S3. The summed E-state index contributed by atoms with van der Waals surface area (Å²) in [7, 11) is -3.30. The second-order valence-electron chi connectivity index (χ2n) is 9.30. The summed E-state index contributed by atoms with van der Waals surface area (Å²) in [5, 5.41) is 8.45. The minimum absolute atomic E-state index is 0.0275. The first-order chi connectivity index (χ1) is 13.8. The van der Waals surface area contributed by atoms with Crippen molar-refractivity contribution in [2.75, 3.05) is 18.1 Å². The Morgan fingerprint density at radius 3 is 2.55 bits per heavy atom. The molecule has 0 radical (unpaired) electrons. The number of imidazole rings is 1. The number of nitrogens with zero attached hydrogens (tertiary/aromatic N) is 2. The average Bonchev–Trinajstić information content (AvgIpc) is 3.15. The van der Waals surface area contributed by atoms with Crippen molar-refractivity contribution in [2.45, 2.75) is 61.5 Å². The highest BCUT2D eigenvalue weighted by Crippen LogP contribution is 2.55. The van der Waals surface area contributed by atoms with Gasteiger partial charge in [-0.2, -0.15) is 0 Å². The summed E-state index contributed by atoms with van der Waals surface area (Å²) in [6.45, 7) is 1.08. The second kappa shape index (κ2) is 7.57. The molecular weight excluding hydrogens is 448 g/mol. The molecule has 0 spiro atoms. The zero-order chi connectivity index (χ0) is 20.2. The van der Waals surface area contributed by atoms with Crippen LogP contribution in [-0.2, 0) is 22.1 Å². The van der Waals surface area contributed by atoms with Crippen LogP contribution in [0.2, 0.25) is 5.15 Å². The molecule has 10 heteroatoms. The lowest BCUT2D eigenvalue weighted by molar-refractivity contribution is -0.0101. The number of fused-ring (bicyclic) bond motifs is 1. The van der Waals surface area contributed by atoms with Crippen LogP contribution < -0.4 is 10.6 Å². The zero-order valence-electron chi connectivity index (χ0n) is 16.3. The molecule has 1 aliphatic heterocycles. The number of hydrogen-bond donors (Lipinski definition) is 2. The van der Waals surface area contributed by atoms with Crippen LogP contribution in [0.15, 0.2) is 5.16 Å². The monoisotopic (exact) mass is 474 g/mol. The van der Waals surface area contributed by atoms with Crippen LogP contribution in [0.5, 0.6) is 0 Å². The molecule has 0 aromatic carbocycles. The Hall–Kier alpha value is -0.510. The first-order valence-corrected chi connectivity index (χ1v) is 14.0. The van der Waals surface area contributed by atoms with E-state index in [-0.39, 0.29) is 17.0 Å². The summed E-state index contributed by atoms with van der Waals surface area (Å²) < 4.78 is 27.2. The van der Waals surface area contributed by atoms with Crippen LogP contribution in [0, 0.1) is 17.8 Å². The van der Waals surface area contributed by atoms with Gasteiger partial charge in [-0.25, -0.2) is 13.4 Å². The number of thiocarbonyl (C=S) groups is 1. The van der Waals surface area contributed by atoms with Gasteiger partial charge in [0.25, 0.3) is 0 Å². The van der Waals surface area contributed by atoms with E-state index in [9.17, 15) is 8.42 Å². The highest BCUT2D eigenvalue weighted by Gasteiger charge is 2.51. The molecule has 0 saturated heterocycles. The molecule has 1 aromatic rings. The van der Waals surface area contributed by atoms with E-state index in [0.717, 1.165) is 35.2 Å². The van der Waals surface area contributed by atoms with Gasteiger partial charge in [0, 0.05) is 24.4 Å². The SMILES string of the molecule is O=S(=O)(CCNC(=S)NC12CC3CC(CC(C3)C1)C2)Cc1c(Cl)nc2n1CCS2. The Balaban J connectivity index is 1.14. The lowest BCUT2D eigenvalue weighted by atomic mass is 9.53. The maximum absolute atomic E-state index is 12.6. The van der Waals surface area contributed by atoms with Gasteiger partial charge in [0.05, 0.1) is 17.2 Å². The third kappa shape index (κ3) is 4.16. The fourth-order valence-corrected chi connectivity index (χ4v) is 9.22. The van der Waals surface area contributed by atoms with Crippen LogP contribution in [0.25, 0.3) is 0 Å². The molecule has 4 aliphatic carbocycles. The molecule has 2 N–H and O–H groups in total. The highest BCUT2D eigenvalue weighted by molar-refractivity contribution is 7.99. The Morgan fingerprint density at radius 2 is 1.90 bits per heavy atom. The number of thioether (sulfide) groups is 1. The van der Waals surface area contributed by atoms with Crippen LogP contribution in [0.3, 0.4) is 0 Å². The van der Waals surface area contributed by atoms with Gasteiger partial charge in [-0.15, -0.1) is 0 Å². The van der Waals surface area contributed by atoms with E-state index in [4.69, 9.17) is 23.8 Å². The standard InChI is InChI=1S/C19H27ClN4O2S3/c20-16-15(24-2-3-28-18(24)22-16)11-29(25,26)4-1-21-17(27)23-19-8-12-5-13(9-19)7-14(6-12)10-19/h12-14H,1-11H2,(H2,21,23,27). The van der Waals surface area contributed by atoms with Crippen LogP contribution in [0.1, 0.15) is 44.2 Å². The maximum atomic E-state index is 12.6. The quantitative estimate of drug-likeness (QED) is 0.614. The molecule has 4 bridgehead atoms. The summed E-state index contributed by atoms with van der Waals surface area (Å²) in [4.78, 5) is 4.27. The van der Waals surface area contributed by atoms with Gasteiger partial charge >= 0.3 is 0 Å². The molecule has 6 nitrogen and oxygen atoms in total. The number of halogens is 1. The molecule has 5 aliphatic rings. The molecule has 4 saturated carbocycles. The normalized spacial score (nSPS) is 32.4. The number of hydrogen-bond acceptors (Lipinski definition) is 5. The Kier molecular flexibility index (Phi) is 5.32.